The molecule has 0 aliphatic carbocycles. The van der Waals surface area contributed by atoms with E-state index in [0.29, 0.717) is 23.6 Å². The highest BCUT2D eigenvalue weighted by Gasteiger charge is 2.27. The second-order valence-electron chi connectivity index (χ2n) is 7.09. The molecule has 0 saturated carbocycles. The highest BCUT2D eigenvalue weighted by atomic mass is 16.5. The standard InChI is InChI=1S/C24H21N3O5/c1-31-21(28)14-19(22-23(29)26-20-7-3-5-13-27(20)24(22)30)16-8-10-18(11-9-16)32-15-17-6-2-4-12-25-17/h2-13,19,29H,14-15H2,1H3/t19-/m0/s1. The van der Waals surface area contributed by atoms with Crippen molar-refractivity contribution in [2.24, 2.45) is 0 Å². The van der Waals surface area contributed by atoms with Crippen LogP contribution >= 0.6 is 0 Å². The largest absolute Gasteiger partial charge is 0.493 e. The average molecular weight is 431 g/mol. The lowest BCUT2D eigenvalue weighted by atomic mass is 9.89. The summed E-state index contributed by atoms with van der Waals surface area (Å²) < 4.78 is 11.9. The van der Waals surface area contributed by atoms with E-state index in [9.17, 15) is 14.7 Å². The monoisotopic (exact) mass is 431 g/mol. The van der Waals surface area contributed by atoms with Gasteiger partial charge in [-0.25, -0.2) is 0 Å². The van der Waals surface area contributed by atoms with Gasteiger partial charge in [-0.1, -0.05) is 24.3 Å². The third kappa shape index (κ3) is 4.44. The predicted octanol–water partition coefficient (Wildman–Crippen LogP) is 3.07. The first-order chi connectivity index (χ1) is 15.6. The van der Waals surface area contributed by atoms with Crippen LogP contribution in [0.15, 0.2) is 77.9 Å². The van der Waals surface area contributed by atoms with Gasteiger partial charge in [0.1, 0.15) is 18.0 Å². The molecule has 0 fully saturated rings. The van der Waals surface area contributed by atoms with Crippen molar-refractivity contribution in [1.82, 2.24) is 14.4 Å². The van der Waals surface area contributed by atoms with Crippen molar-refractivity contribution in [3.05, 3.63) is 100 Å². The molecule has 162 valence electrons. The zero-order valence-corrected chi connectivity index (χ0v) is 17.3. The number of fused-ring (bicyclic) bond motifs is 1. The number of nitrogens with zero attached hydrogens (tertiary/aromatic N) is 3. The van der Waals surface area contributed by atoms with Gasteiger partial charge in [0, 0.05) is 18.3 Å². The summed E-state index contributed by atoms with van der Waals surface area (Å²) >= 11 is 0. The molecule has 0 spiro atoms. The highest BCUT2D eigenvalue weighted by Crippen LogP contribution is 2.32. The third-order valence-electron chi connectivity index (χ3n) is 5.09. The lowest BCUT2D eigenvalue weighted by Gasteiger charge is -2.18. The van der Waals surface area contributed by atoms with Crippen molar-refractivity contribution in [1.29, 1.82) is 0 Å². The molecule has 0 saturated heterocycles. The van der Waals surface area contributed by atoms with Gasteiger partial charge in [0.15, 0.2) is 0 Å². The van der Waals surface area contributed by atoms with E-state index >= 15 is 0 Å². The van der Waals surface area contributed by atoms with Crippen molar-refractivity contribution >= 4 is 11.6 Å². The minimum atomic E-state index is -0.746. The van der Waals surface area contributed by atoms with Crippen LogP contribution in [-0.4, -0.2) is 32.6 Å². The van der Waals surface area contributed by atoms with Crippen LogP contribution in [0.5, 0.6) is 11.6 Å². The predicted molar refractivity (Wildman–Crippen MR) is 117 cm³/mol. The first kappa shape index (κ1) is 21.0. The molecule has 1 aromatic carbocycles. The number of aromatic hydroxyl groups is 1. The Labute approximate surface area is 183 Å². The number of carbonyl (C=O) groups is 1. The fourth-order valence-electron chi connectivity index (χ4n) is 3.47. The zero-order valence-electron chi connectivity index (χ0n) is 17.3. The number of methoxy groups -OCH3 is 1. The van der Waals surface area contributed by atoms with Gasteiger partial charge < -0.3 is 14.6 Å². The smallest absolute Gasteiger partial charge is 0.306 e. The van der Waals surface area contributed by atoms with Crippen LogP contribution in [-0.2, 0) is 16.1 Å². The molecule has 3 heterocycles. The Bertz CT molecular complexity index is 1290. The minimum absolute atomic E-state index is 0.0289. The summed E-state index contributed by atoms with van der Waals surface area (Å²) in [6.45, 7) is 0.308. The van der Waals surface area contributed by atoms with Gasteiger partial charge in [-0.2, -0.15) is 4.98 Å². The first-order valence-corrected chi connectivity index (χ1v) is 9.96. The van der Waals surface area contributed by atoms with Gasteiger partial charge in [-0.05, 0) is 42.0 Å². The number of ether oxygens (including phenoxy) is 2. The molecule has 0 bridgehead atoms. The summed E-state index contributed by atoms with van der Waals surface area (Å²) in [6, 6.07) is 17.6. The van der Waals surface area contributed by atoms with Crippen molar-refractivity contribution < 1.29 is 19.4 Å². The Kier molecular flexibility index (Phi) is 6.12. The second-order valence-corrected chi connectivity index (χ2v) is 7.09. The van der Waals surface area contributed by atoms with Crippen molar-refractivity contribution in [2.45, 2.75) is 18.9 Å². The molecule has 0 unspecified atom stereocenters. The van der Waals surface area contributed by atoms with E-state index in [1.165, 1.54) is 11.5 Å². The molecule has 8 nitrogen and oxygen atoms in total. The van der Waals surface area contributed by atoms with E-state index in [1.54, 1.807) is 54.9 Å². The van der Waals surface area contributed by atoms with Crippen LogP contribution in [0.3, 0.4) is 0 Å². The van der Waals surface area contributed by atoms with E-state index in [4.69, 9.17) is 9.47 Å². The van der Waals surface area contributed by atoms with E-state index in [-0.39, 0.29) is 12.0 Å². The van der Waals surface area contributed by atoms with E-state index in [1.807, 2.05) is 18.2 Å². The lowest BCUT2D eigenvalue weighted by Crippen LogP contribution is -2.24. The Morgan fingerprint density at radius 3 is 2.59 bits per heavy atom. The topological polar surface area (TPSA) is 103 Å². The zero-order chi connectivity index (χ0) is 22.5. The van der Waals surface area contributed by atoms with Crippen LogP contribution in [0.1, 0.15) is 29.2 Å². The van der Waals surface area contributed by atoms with Gasteiger partial charge in [0.25, 0.3) is 5.56 Å². The van der Waals surface area contributed by atoms with Gasteiger partial charge in [-0.15, -0.1) is 0 Å². The minimum Gasteiger partial charge on any atom is -0.493 e. The summed E-state index contributed by atoms with van der Waals surface area (Å²) in [7, 11) is 1.28. The normalized spacial score (nSPS) is 11.8. The molecule has 4 rings (SSSR count). The van der Waals surface area contributed by atoms with Crippen LogP contribution < -0.4 is 10.3 Å². The molecular formula is C24H21N3O5. The molecule has 8 heteroatoms. The maximum absolute atomic E-state index is 13.1. The molecule has 0 aliphatic heterocycles. The molecular weight excluding hydrogens is 410 g/mol. The van der Waals surface area contributed by atoms with E-state index in [0.717, 1.165) is 5.69 Å². The Morgan fingerprint density at radius 2 is 1.88 bits per heavy atom. The number of hydrogen-bond donors (Lipinski definition) is 1. The van der Waals surface area contributed by atoms with E-state index in [2.05, 4.69) is 9.97 Å². The molecule has 0 radical (unpaired) electrons. The number of benzene rings is 1. The molecule has 1 N–H and O–H groups in total. The number of hydrogen-bond acceptors (Lipinski definition) is 7. The van der Waals surface area contributed by atoms with Crippen LogP contribution in [0.2, 0.25) is 0 Å². The molecule has 32 heavy (non-hydrogen) atoms. The summed E-state index contributed by atoms with van der Waals surface area (Å²) in [5.41, 5.74) is 1.33. The van der Waals surface area contributed by atoms with Crippen molar-refractivity contribution in [3.63, 3.8) is 0 Å². The molecule has 0 amide bonds. The number of carbonyl (C=O) groups excluding carboxylic acids is 1. The van der Waals surface area contributed by atoms with Crippen molar-refractivity contribution in [3.8, 4) is 11.6 Å². The Hall–Kier alpha value is -4.20. The fourth-order valence-corrected chi connectivity index (χ4v) is 3.47. The number of aromatic nitrogens is 3. The number of rotatable bonds is 7. The number of pyridine rings is 2. The molecule has 3 aromatic heterocycles. The average Bonchev–Trinajstić information content (AvgIpc) is 2.83. The Morgan fingerprint density at radius 1 is 1.09 bits per heavy atom. The third-order valence-corrected chi connectivity index (χ3v) is 5.09. The van der Waals surface area contributed by atoms with Crippen LogP contribution in [0, 0.1) is 0 Å². The van der Waals surface area contributed by atoms with E-state index < -0.39 is 23.3 Å². The maximum Gasteiger partial charge on any atom is 0.306 e. The molecule has 0 aliphatic rings. The van der Waals surface area contributed by atoms with Gasteiger partial charge in [0.05, 0.1) is 24.8 Å². The SMILES string of the molecule is COC(=O)C[C@@H](c1ccc(OCc2ccccn2)cc1)c1c(O)nc2ccccn2c1=O. The van der Waals surface area contributed by atoms with Crippen LogP contribution in [0.25, 0.3) is 5.65 Å². The molecule has 4 aromatic rings. The number of esters is 1. The Balaban J connectivity index is 1.67. The summed E-state index contributed by atoms with van der Waals surface area (Å²) in [5, 5.41) is 10.6. The highest BCUT2D eigenvalue weighted by molar-refractivity contribution is 5.71. The summed E-state index contributed by atoms with van der Waals surface area (Å²) in [5.74, 6) is -1.06. The summed E-state index contributed by atoms with van der Waals surface area (Å²) in [4.78, 5) is 33.6. The second kappa shape index (κ2) is 9.30. The molecule has 1 atom stereocenters. The van der Waals surface area contributed by atoms with Crippen LogP contribution in [0.4, 0.5) is 0 Å². The lowest BCUT2D eigenvalue weighted by molar-refractivity contribution is -0.140. The quantitative estimate of drug-likeness (QED) is 0.449. The first-order valence-electron chi connectivity index (χ1n) is 9.96. The summed E-state index contributed by atoms with van der Waals surface area (Å²) in [6.07, 6.45) is 3.13. The van der Waals surface area contributed by atoms with Gasteiger partial charge in [-0.3, -0.25) is 19.0 Å². The van der Waals surface area contributed by atoms with Crippen molar-refractivity contribution in [2.75, 3.05) is 7.11 Å². The van der Waals surface area contributed by atoms with Gasteiger partial charge in [0.2, 0.25) is 5.88 Å². The van der Waals surface area contributed by atoms with Gasteiger partial charge >= 0.3 is 5.97 Å². The fraction of sp³-hybridized carbons (Fsp3) is 0.167. The maximum atomic E-state index is 13.1.